The van der Waals surface area contributed by atoms with Gasteiger partial charge < -0.3 is 6.15 Å². The van der Waals surface area contributed by atoms with Crippen molar-refractivity contribution in [2.24, 2.45) is 0 Å². The molecule has 0 aliphatic carbocycles. The standard InChI is InChI=1S/C6H5ClN2.H3N/c1-2-5-3-6(7)9-4-8-5;/h2-4H,1H2;1H3. The Morgan fingerprint density at radius 1 is 1.50 bits per heavy atom. The van der Waals surface area contributed by atoms with Gasteiger partial charge in [0.25, 0.3) is 0 Å². The van der Waals surface area contributed by atoms with Crippen molar-refractivity contribution in [2.75, 3.05) is 0 Å². The Morgan fingerprint density at radius 2 is 2.20 bits per heavy atom. The van der Waals surface area contributed by atoms with Crippen LogP contribution in [0.4, 0.5) is 0 Å². The Kier molecular flexibility index (Phi) is 3.61. The molecule has 0 bridgehead atoms. The van der Waals surface area contributed by atoms with Crippen LogP contribution in [0.25, 0.3) is 6.08 Å². The first-order valence-electron chi connectivity index (χ1n) is 2.43. The smallest absolute Gasteiger partial charge is 0.133 e. The second-order valence-electron chi connectivity index (χ2n) is 1.47. The fourth-order valence-corrected chi connectivity index (χ4v) is 0.614. The third-order valence-corrected chi connectivity index (χ3v) is 1.07. The van der Waals surface area contributed by atoms with Crippen LogP contribution in [-0.4, -0.2) is 9.97 Å². The van der Waals surface area contributed by atoms with Crippen LogP contribution in [-0.2, 0) is 0 Å². The van der Waals surface area contributed by atoms with E-state index in [1.807, 2.05) is 0 Å². The average molecular weight is 158 g/mol. The summed E-state index contributed by atoms with van der Waals surface area (Å²) < 4.78 is 0. The summed E-state index contributed by atoms with van der Waals surface area (Å²) in [6, 6.07) is 1.65. The van der Waals surface area contributed by atoms with Crippen LogP contribution in [0, 0.1) is 0 Å². The molecule has 1 aromatic heterocycles. The maximum atomic E-state index is 5.52. The Labute approximate surface area is 64.3 Å². The van der Waals surface area contributed by atoms with Crippen LogP contribution in [0.3, 0.4) is 0 Å². The van der Waals surface area contributed by atoms with Crippen molar-refractivity contribution in [1.82, 2.24) is 16.1 Å². The SMILES string of the molecule is C=Cc1cc(Cl)ncn1.N. The van der Waals surface area contributed by atoms with E-state index in [1.54, 1.807) is 12.1 Å². The molecule has 1 heterocycles. The minimum atomic E-state index is 0. The zero-order chi connectivity index (χ0) is 6.69. The predicted octanol–water partition coefficient (Wildman–Crippen LogP) is 1.93. The molecule has 0 aromatic carbocycles. The van der Waals surface area contributed by atoms with Gasteiger partial charge in [0.2, 0.25) is 0 Å². The van der Waals surface area contributed by atoms with Gasteiger partial charge in [0.05, 0.1) is 5.69 Å². The summed E-state index contributed by atoms with van der Waals surface area (Å²) in [6.07, 6.45) is 3.02. The van der Waals surface area contributed by atoms with Crippen LogP contribution in [0.5, 0.6) is 0 Å². The first-order chi connectivity index (χ1) is 4.33. The van der Waals surface area contributed by atoms with E-state index in [4.69, 9.17) is 11.6 Å². The number of halogens is 1. The molecular formula is C6H8ClN3. The molecule has 0 spiro atoms. The van der Waals surface area contributed by atoms with Crippen molar-refractivity contribution in [3.63, 3.8) is 0 Å². The third-order valence-electron chi connectivity index (χ3n) is 0.864. The molecule has 0 unspecified atom stereocenters. The van der Waals surface area contributed by atoms with Crippen molar-refractivity contribution < 1.29 is 0 Å². The highest BCUT2D eigenvalue weighted by Crippen LogP contribution is 2.03. The number of aromatic nitrogens is 2. The van der Waals surface area contributed by atoms with Gasteiger partial charge in [0, 0.05) is 6.07 Å². The molecule has 3 nitrogen and oxygen atoms in total. The first-order valence-corrected chi connectivity index (χ1v) is 2.80. The molecule has 1 aromatic rings. The van der Waals surface area contributed by atoms with Crippen molar-refractivity contribution >= 4 is 17.7 Å². The molecule has 0 amide bonds. The molecule has 0 saturated heterocycles. The number of hydrogen-bond donors (Lipinski definition) is 1. The van der Waals surface area contributed by atoms with Crippen LogP contribution in [0.1, 0.15) is 5.69 Å². The molecule has 0 atom stereocenters. The molecule has 54 valence electrons. The molecule has 0 radical (unpaired) electrons. The van der Waals surface area contributed by atoms with E-state index in [9.17, 15) is 0 Å². The minimum absolute atomic E-state index is 0. The Morgan fingerprint density at radius 3 is 2.60 bits per heavy atom. The number of hydrogen-bond acceptors (Lipinski definition) is 3. The molecule has 0 fully saturated rings. The average Bonchev–Trinajstić information content (AvgIpc) is 1.88. The summed E-state index contributed by atoms with van der Waals surface area (Å²) in [6.45, 7) is 3.52. The molecule has 4 heteroatoms. The maximum Gasteiger partial charge on any atom is 0.133 e. The van der Waals surface area contributed by atoms with Gasteiger partial charge in [-0.3, -0.25) is 0 Å². The van der Waals surface area contributed by atoms with E-state index >= 15 is 0 Å². The molecule has 0 saturated carbocycles. The fraction of sp³-hybridized carbons (Fsp3) is 0. The monoisotopic (exact) mass is 157 g/mol. The number of nitrogens with zero attached hydrogens (tertiary/aromatic N) is 2. The summed E-state index contributed by atoms with van der Waals surface area (Å²) in [5.41, 5.74) is 0.745. The third kappa shape index (κ3) is 2.13. The predicted molar refractivity (Wildman–Crippen MR) is 42.2 cm³/mol. The van der Waals surface area contributed by atoms with E-state index in [-0.39, 0.29) is 6.15 Å². The lowest BCUT2D eigenvalue weighted by atomic mass is 10.4. The number of rotatable bonds is 1. The zero-order valence-corrected chi connectivity index (χ0v) is 6.17. The summed E-state index contributed by atoms with van der Waals surface area (Å²) in [7, 11) is 0. The van der Waals surface area contributed by atoms with Gasteiger partial charge in [-0.15, -0.1) is 0 Å². The van der Waals surface area contributed by atoms with Gasteiger partial charge in [0.1, 0.15) is 11.5 Å². The summed E-state index contributed by atoms with van der Waals surface area (Å²) in [4.78, 5) is 7.54. The fourth-order valence-electron chi connectivity index (χ4n) is 0.459. The Hall–Kier alpha value is -0.930. The normalized spacial score (nSPS) is 8.10. The first kappa shape index (κ1) is 9.07. The molecule has 0 aliphatic heterocycles. The van der Waals surface area contributed by atoms with Gasteiger partial charge >= 0.3 is 0 Å². The molecule has 0 aliphatic rings. The Bertz CT molecular complexity index is 224. The molecule has 3 N–H and O–H groups in total. The lowest BCUT2D eigenvalue weighted by Gasteiger charge is -1.88. The maximum absolute atomic E-state index is 5.52. The second kappa shape index (κ2) is 3.98. The van der Waals surface area contributed by atoms with E-state index in [1.165, 1.54) is 6.33 Å². The summed E-state index contributed by atoms with van der Waals surface area (Å²) in [5.74, 6) is 0. The lowest BCUT2D eigenvalue weighted by Crippen LogP contribution is -1.81. The zero-order valence-electron chi connectivity index (χ0n) is 5.42. The highest BCUT2D eigenvalue weighted by Gasteiger charge is 1.88. The van der Waals surface area contributed by atoms with Crippen LogP contribution >= 0.6 is 11.6 Å². The highest BCUT2D eigenvalue weighted by molar-refractivity contribution is 6.29. The van der Waals surface area contributed by atoms with E-state index in [0.29, 0.717) is 5.15 Å². The van der Waals surface area contributed by atoms with Crippen molar-refractivity contribution in [2.45, 2.75) is 0 Å². The lowest BCUT2D eigenvalue weighted by molar-refractivity contribution is 1.15. The second-order valence-corrected chi connectivity index (χ2v) is 1.86. The van der Waals surface area contributed by atoms with E-state index in [0.717, 1.165) is 5.69 Å². The quantitative estimate of drug-likeness (QED) is 0.634. The molecule has 10 heavy (non-hydrogen) atoms. The van der Waals surface area contributed by atoms with E-state index in [2.05, 4.69) is 16.5 Å². The largest absolute Gasteiger partial charge is 0.344 e. The van der Waals surface area contributed by atoms with Gasteiger partial charge in [-0.1, -0.05) is 18.2 Å². The van der Waals surface area contributed by atoms with Gasteiger partial charge in [0.15, 0.2) is 0 Å². The van der Waals surface area contributed by atoms with Crippen molar-refractivity contribution in [1.29, 1.82) is 0 Å². The molecular weight excluding hydrogens is 150 g/mol. The van der Waals surface area contributed by atoms with Crippen LogP contribution in [0.2, 0.25) is 5.15 Å². The van der Waals surface area contributed by atoms with Crippen molar-refractivity contribution in [3.8, 4) is 0 Å². The van der Waals surface area contributed by atoms with Gasteiger partial charge in [-0.2, -0.15) is 0 Å². The molecule has 1 rings (SSSR count). The van der Waals surface area contributed by atoms with Crippen LogP contribution in [0.15, 0.2) is 19.0 Å². The topological polar surface area (TPSA) is 60.8 Å². The van der Waals surface area contributed by atoms with Gasteiger partial charge in [-0.05, 0) is 6.08 Å². The van der Waals surface area contributed by atoms with Crippen molar-refractivity contribution in [3.05, 3.63) is 29.8 Å². The minimum Gasteiger partial charge on any atom is -0.344 e. The van der Waals surface area contributed by atoms with Crippen LogP contribution < -0.4 is 6.15 Å². The summed E-state index contributed by atoms with van der Waals surface area (Å²) >= 11 is 5.52. The highest BCUT2D eigenvalue weighted by atomic mass is 35.5. The van der Waals surface area contributed by atoms with Gasteiger partial charge in [-0.25, -0.2) is 9.97 Å². The van der Waals surface area contributed by atoms with E-state index < -0.39 is 0 Å². The summed E-state index contributed by atoms with van der Waals surface area (Å²) in [5, 5.41) is 0.444. The Balaban J connectivity index is 0.000000810.